The first kappa shape index (κ1) is 15.8. The minimum Gasteiger partial charge on any atom is -0.305 e. The van der Waals surface area contributed by atoms with Crippen LogP contribution in [-0.2, 0) is 14.6 Å². The fraction of sp³-hybridized carbons (Fsp3) is 0.533. The second-order valence-electron chi connectivity index (χ2n) is 6.32. The Balaban J connectivity index is 2.03. The van der Waals surface area contributed by atoms with E-state index in [0.717, 1.165) is 0 Å². The highest BCUT2D eigenvalue weighted by molar-refractivity contribution is 7.91. The summed E-state index contributed by atoms with van der Waals surface area (Å²) < 4.78 is 24.0. The Morgan fingerprint density at radius 2 is 1.86 bits per heavy atom. The molecule has 2 fully saturated rings. The van der Waals surface area contributed by atoms with E-state index in [1.54, 1.807) is 29.2 Å². The van der Waals surface area contributed by atoms with E-state index in [-0.39, 0.29) is 41.5 Å². The van der Waals surface area contributed by atoms with Crippen molar-refractivity contribution in [2.75, 3.05) is 16.4 Å². The van der Waals surface area contributed by atoms with Crippen LogP contribution in [0, 0.1) is 5.92 Å². The van der Waals surface area contributed by atoms with E-state index in [0.29, 0.717) is 10.7 Å². The van der Waals surface area contributed by atoms with Gasteiger partial charge in [0.15, 0.2) is 9.84 Å². The molecule has 3 atom stereocenters. The Morgan fingerprint density at radius 3 is 2.45 bits per heavy atom. The molecule has 120 valence electrons. The third kappa shape index (κ3) is 2.75. The van der Waals surface area contributed by atoms with E-state index in [2.05, 4.69) is 5.32 Å². The van der Waals surface area contributed by atoms with Crippen molar-refractivity contribution in [3.8, 4) is 0 Å². The van der Waals surface area contributed by atoms with E-state index in [9.17, 15) is 13.2 Å². The minimum absolute atomic E-state index is 0.00382. The van der Waals surface area contributed by atoms with Crippen LogP contribution in [0.4, 0.5) is 5.69 Å². The number of benzene rings is 1. The van der Waals surface area contributed by atoms with Gasteiger partial charge in [0.05, 0.1) is 23.6 Å². The number of halogens is 1. The number of piperazine rings is 1. The molecule has 1 amide bonds. The standard InChI is InChI=1S/C15H19ClN2O3S/c1-9(2)14-15(19)18(11-5-3-10(16)4-6-11)13-8-22(20,21)7-12(13)17-14/h3-6,9,12-14,17H,7-8H2,1-2H3/t12-,13+,14+/m1/s1. The summed E-state index contributed by atoms with van der Waals surface area (Å²) in [6.07, 6.45) is 0. The van der Waals surface area contributed by atoms with Crippen molar-refractivity contribution in [2.24, 2.45) is 5.92 Å². The van der Waals surface area contributed by atoms with Crippen LogP contribution in [0.1, 0.15) is 13.8 Å². The van der Waals surface area contributed by atoms with Crippen molar-refractivity contribution in [2.45, 2.75) is 32.0 Å². The molecule has 0 spiro atoms. The van der Waals surface area contributed by atoms with Gasteiger partial charge in [0.25, 0.3) is 0 Å². The van der Waals surface area contributed by atoms with Gasteiger partial charge in [-0.25, -0.2) is 8.42 Å². The Hall–Kier alpha value is -1.11. The Kier molecular flexibility index (Phi) is 3.95. The predicted octanol–water partition coefficient (Wildman–Crippen LogP) is 1.47. The number of fused-ring (bicyclic) bond motifs is 1. The quantitative estimate of drug-likeness (QED) is 0.883. The lowest BCUT2D eigenvalue weighted by Crippen LogP contribution is -2.66. The van der Waals surface area contributed by atoms with Gasteiger partial charge in [-0.2, -0.15) is 0 Å². The Labute approximate surface area is 135 Å². The summed E-state index contributed by atoms with van der Waals surface area (Å²) in [7, 11) is -3.13. The topological polar surface area (TPSA) is 66.5 Å². The second kappa shape index (κ2) is 5.51. The van der Waals surface area contributed by atoms with Crippen molar-refractivity contribution < 1.29 is 13.2 Å². The number of hydrogen-bond acceptors (Lipinski definition) is 4. The molecule has 7 heteroatoms. The van der Waals surface area contributed by atoms with Crippen LogP contribution in [0.25, 0.3) is 0 Å². The fourth-order valence-corrected chi connectivity index (χ4v) is 5.29. The molecule has 0 bridgehead atoms. The molecule has 22 heavy (non-hydrogen) atoms. The number of nitrogens with zero attached hydrogens (tertiary/aromatic N) is 1. The van der Waals surface area contributed by atoms with Crippen LogP contribution in [0.15, 0.2) is 24.3 Å². The van der Waals surface area contributed by atoms with Gasteiger partial charge in [0.1, 0.15) is 0 Å². The van der Waals surface area contributed by atoms with Gasteiger partial charge < -0.3 is 4.90 Å². The number of hydrogen-bond donors (Lipinski definition) is 1. The number of anilines is 1. The summed E-state index contributed by atoms with van der Waals surface area (Å²) >= 11 is 5.91. The lowest BCUT2D eigenvalue weighted by molar-refractivity contribution is -0.123. The van der Waals surface area contributed by atoms with Crippen LogP contribution in [0.3, 0.4) is 0 Å². The van der Waals surface area contributed by atoms with Crippen molar-refractivity contribution in [3.05, 3.63) is 29.3 Å². The number of nitrogens with one attached hydrogen (secondary N) is 1. The van der Waals surface area contributed by atoms with E-state index < -0.39 is 9.84 Å². The summed E-state index contributed by atoms with van der Waals surface area (Å²) in [5.74, 6) is 0.101. The number of sulfone groups is 1. The van der Waals surface area contributed by atoms with Crippen molar-refractivity contribution in [1.82, 2.24) is 5.32 Å². The maximum absolute atomic E-state index is 12.8. The van der Waals surface area contributed by atoms with E-state index in [1.807, 2.05) is 13.8 Å². The molecule has 5 nitrogen and oxygen atoms in total. The molecular formula is C15H19ClN2O3S. The van der Waals surface area contributed by atoms with Crippen LogP contribution in [0.2, 0.25) is 5.02 Å². The summed E-state index contributed by atoms with van der Waals surface area (Å²) in [6.45, 7) is 3.92. The zero-order chi connectivity index (χ0) is 16.1. The van der Waals surface area contributed by atoms with Crippen molar-refractivity contribution >= 4 is 33.0 Å². The molecule has 1 N–H and O–H groups in total. The summed E-state index contributed by atoms with van der Waals surface area (Å²) in [5.41, 5.74) is 0.702. The second-order valence-corrected chi connectivity index (χ2v) is 8.91. The fourth-order valence-electron chi connectivity index (χ4n) is 3.26. The molecular weight excluding hydrogens is 324 g/mol. The summed E-state index contributed by atoms with van der Waals surface area (Å²) in [5, 5.41) is 3.82. The zero-order valence-corrected chi connectivity index (χ0v) is 14.1. The van der Waals surface area contributed by atoms with Crippen LogP contribution < -0.4 is 10.2 Å². The number of carbonyl (C=O) groups is 1. The highest BCUT2D eigenvalue weighted by Crippen LogP contribution is 2.31. The predicted molar refractivity (Wildman–Crippen MR) is 86.9 cm³/mol. The molecule has 0 saturated carbocycles. The third-order valence-electron chi connectivity index (χ3n) is 4.32. The van der Waals surface area contributed by atoms with E-state index in [1.165, 1.54) is 0 Å². The first-order valence-corrected chi connectivity index (χ1v) is 9.53. The molecule has 0 aromatic heterocycles. The molecule has 2 aliphatic heterocycles. The van der Waals surface area contributed by atoms with Gasteiger partial charge in [-0.05, 0) is 30.2 Å². The molecule has 2 aliphatic rings. The van der Waals surface area contributed by atoms with Gasteiger partial charge in [0.2, 0.25) is 5.91 Å². The first-order chi connectivity index (χ1) is 10.3. The van der Waals surface area contributed by atoms with Gasteiger partial charge >= 0.3 is 0 Å². The molecule has 1 aromatic rings. The molecule has 1 aromatic carbocycles. The van der Waals surface area contributed by atoms with Crippen LogP contribution >= 0.6 is 11.6 Å². The molecule has 0 aliphatic carbocycles. The molecule has 3 rings (SSSR count). The smallest absolute Gasteiger partial charge is 0.244 e. The Morgan fingerprint density at radius 1 is 1.23 bits per heavy atom. The van der Waals surface area contributed by atoms with Gasteiger partial charge in [-0.1, -0.05) is 25.4 Å². The summed E-state index contributed by atoms with van der Waals surface area (Å²) in [4.78, 5) is 14.5. The largest absolute Gasteiger partial charge is 0.305 e. The molecule has 0 radical (unpaired) electrons. The van der Waals surface area contributed by atoms with Gasteiger partial charge in [0, 0.05) is 16.8 Å². The van der Waals surface area contributed by atoms with Crippen molar-refractivity contribution in [1.29, 1.82) is 0 Å². The van der Waals surface area contributed by atoms with Crippen LogP contribution in [0.5, 0.6) is 0 Å². The average molecular weight is 343 g/mol. The Bertz CT molecular complexity index is 687. The number of rotatable bonds is 2. The maximum Gasteiger partial charge on any atom is 0.244 e. The summed E-state index contributed by atoms with van der Waals surface area (Å²) in [6, 6.07) is 6.03. The first-order valence-electron chi connectivity index (χ1n) is 7.33. The monoisotopic (exact) mass is 342 g/mol. The van der Waals surface area contributed by atoms with Gasteiger partial charge in [-0.3, -0.25) is 10.1 Å². The lowest BCUT2D eigenvalue weighted by Gasteiger charge is -2.42. The van der Waals surface area contributed by atoms with Crippen molar-refractivity contribution in [3.63, 3.8) is 0 Å². The lowest BCUT2D eigenvalue weighted by atomic mass is 9.94. The molecule has 0 unspecified atom stereocenters. The average Bonchev–Trinajstić information content (AvgIpc) is 2.73. The highest BCUT2D eigenvalue weighted by atomic mass is 35.5. The zero-order valence-electron chi connectivity index (χ0n) is 12.5. The number of amides is 1. The van der Waals surface area contributed by atoms with E-state index in [4.69, 9.17) is 11.6 Å². The van der Waals surface area contributed by atoms with Crippen LogP contribution in [-0.4, -0.2) is 44.0 Å². The normalized spacial score (nSPS) is 30.6. The maximum atomic E-state index is 12.8. The SMILES string of the molecule is CC(C)[C@@H]1N[C@@H]2CS(=O)(=O)C[C@@H]2N(c2ccc(Cl)cc2)C1=O. The molecule has 2 heterocycles. The highest BCUT2D eigenvalue weighted by Gasteiger charge is 2.49. The third-order valence-corrected chi connectivity index (χ3v) is 6.29. The van der Waals surface area contributed by atoms with Gasteiger partial charge in [-0.15, -0.1) is 0 Å². The van der Waals surface area contributed by atoms with E-state index >= 15 is 0 Å². The number of carbonyl (C=O) groups excluding carboxylic acids is 1. The minimum atomic E-state index is -3.13. The molecule has 2 saturated heterocycles.